The van der Waals surface area contributed by atoms with Crippen molar-refractivity contribution in [2.75, 3.05) is 26.7 Å². The van der Waals surface area contributed by atoms with Crippen molar-refractivity contribution in [2.45, 2.75) is 51.0 Å². The maximum absolute atomic E-state index is 12.2. The van der Waals surface area contributed by atoms with E-state index in [-0.39, 0.29) is 18.4 Å². The second kappa shape index (κ2) is 7.25. The van der Waals surface area contributed by atoms with Crippen molar-refractivity contribution in [1.82, 2.24) is 10.2 Å². The summed E-state index contributed by atoms with van der Waals surface area (Å²) < 4.78 is 0. The van der Waals surface area contributed by atoms with E-state index in [1.54, 1.807) is 0 Å². The smallest absolute Gasteiger partial charge is 0.223 e. The Kier molecular flexibility index (Phi) is 5.64. The predicted octanol–water partition coefficient (Wildman–Crippen LogP) is 1.39. The standard InChI is InChI=1S/C15H28N2O2/c1-17-9-6-14(7-10-17)16-15(19)13-4-2-12(3-5-13)8-11-18/h12-14,18H,2-11H2,1H3,(H,16,19). The maximum atomic E-state index is 12.2. The van der Waals surface area contributed by atoms with E-state index in [4.69, 9.17) is 5.11 Å². The van der Waals surface area contributed by atoms with E-state index in [2.05, 4.69) is 17.3 Å². The molecule has 4 nitrogen and oxygen atoms in total. The summed E-state index contributed by atoms with van der Waals surface area (Å²) in [6, 6.07) is 0.388. The fraction of sp³-hybridized carbons (Fsp3) is 0.933. The molecule has 1 aliphatic carbocycles. The lowest BCUT2D eigenvalue weighted by Gasteiger charge is -2.32. The number of rotatable bonds is 4. The fourth-order valence-corrected chi connectivity index (χ4v) is 3.37. The van der Waals surface area contributed by atoms with Gasteiger partial charge in [0.1, 0.15) is 0 Å². The first-order chi connectivity index (χ1) is 9.19. The normalized spacial score (nSPS) is 30.2. The van der Waals surface area contributed by atoms with Crippen LogP contribution in [0.2, 0.25) is 0 Å². The predicted molar refractivity (Wildman–Crippen MR) is 75.8 cm³/mol. The molecule has 2 rings (SSSR count). The fourth-order valence-electron chi connectivity index (χ4n) is 3.37. The summed E-state index contributed by atoms with van der Waals surface area (Å²) in [5, 5.41) is 12.2. The van der Waals surface area contributed by atoms with Gasteiger partial charge in [-0.15, -0.1) is 0 Å². The van der Waals surface area contributed by atoms with Crippen LogP contribution in [0.25, 0.3) is 0 Å². The molecule has 0 aromatic rings. The summed E-state index contributed by atoms with van der Waals surface area (Å²) in [5.74, 6) is 1.13. The lowest BCUT2D eigenvalue weighted by molar-refractivity contribution is -0.127. The van der Waals surface area contributed by atoms with Crippen molar-refractivity contribution in [3.8, 4) is 0 Å². The van der Waals surface area contributed by atoms with E-state index in [9.17, 15) is 4.79 Å². The Labute approximate surface area is 116 Å². The van der Waals surface area contributed by atoms with Gasteiger partial charge in [-0.3, -0.25) is 4.79 Å². The molecule has 1 amide bonds. The molecule has 0 unspecified atom stereocenters. The van der Waals surface area contributed by atoms with E-state index in [1.165, 1.54) is 0 Å². The number of carbonyl (C=O) groups is 1. The molecule has 0 spiro atoms. The first-order valence-corrected chi connectivity index (χ1v) is 7.79. The summed E-state index contributed by atoms with van der Waals surface area (Å²) in [4.78, 5) is 14.6. The lowest BCUT2D eigenvalue weighted by Crippen LogP contribution is -2.45. The number of likely N-dealkylation sites (tertiary alicyclic amines) is 1. The number of hydrogen-bond acceptors (Lipinski definition) is 3. The SMILES string of the molecule is CN1CCC(NC(=O)C2CCC(CCO)CC2)CC1. The minimum Gasteiger partial charge on any atom is -0.396 e. The molecule has 0 bridgehead atoms. The number of nitrogens with one attached hydrogen (secondary N) is 1. The van der Waals surface area contributed by atoms with Crippen molar-refractivity contribution in [3.05, 3.63) is 0 Å². The number of carbonyl (C=O) groups excluding carboxylic acids is 1. The van der Waals surface area contributed by atoms with Crippen molar-refractivity contribution in [2.24, 2.45) is 11.8 Å². The molecule has 2 fully saturated rings. The van der Waals surface area contributed by atoms with Gasteiger partial charge in [0.2, 0.25) is 5.91 Å². The van der Waals surface area contributed by atoms with Crippen molar-refractivity contribution >= 4 is 5.91 Å². The highest BCUT2D eigenvalue weighted by Crippen LogP contribution is 2.30. The number of aliphatic hydroxyl groups is 1. The molecule has 1 saturated heterocycles. The second-order valence-corrected chi connectivity index (χ2v) is 6.32. The molecule has 0 aromatic heterocycles. The molecule has 110 valence electrons. The monoisotopic (exact) mass is 268 g/mol. The van der Waals surface area contributed by atoms with Crippen LogP contribution in [0.3, 0.4) is 0 Å². The molecule has 1 heterocycles. The topological polar surface area (TPSA) is 52.6 Å². The van der Waals surface area contributed by atoms with Crippen molar-refractivity contribution in [3.63, 3.8) is 0 Å². The average Bonchev–Trinajstić information content (AvgIpc) is 2.42. The number of amides is 1. The lowest BCUT2D eigenvalue weighted by atomic mass is 9.80. The van der Waals surface area contributed by atoms with Gasteiger partial charge in [-0.25, -0.2) is 0 Å². The van der Waals surface area contributed by atoms with Crippen molar-refractivity contribution < 1.29 is 9.90 Å². The van der Waals surface area contributed by atoms with Crippen LogP contribution in [0.1, 0.15) is 44.9 Å². The van der Waals surface area contributed by atoms with Crippen molar-refractivity contribution in [1.29, 1.82) is 0 Å². The first-order valence-electron chi connectivity index (χ1n) is 7.79. The van der Waals surface area contributed by atoms with E-state index in [1.807, 2.05) is 0 Å². The highest BCUT2D eigenvalue weighted by atomic mass is 16.3. The van der Waals surface area contributed by atoms with E-state index < -0.39 is 0 Å². The number of nitrogens with zero attached hydrogens (tertiary/aromatic N) is 1. The van der Waals surface area contributed by atoms with Gasteiger partial charge in [-0.1, -0.05) is 0 Å². The quantitative estimate of drug-likeness (QED) is 0.810. The van der Waals surface area contributed by atoms with Crippen LogP contribution in [-0.2, 0) is 4.79 Å². The van der Waals surface area contributed by atoms with Gasteiger partial charge in [0.05, 0.1) is 0 Å². The summed E-state index contributed by atoms with van der Waals surface area (Å²) in [5.41, 5.74) is 0. The van der Waals surface area contributed by atoms with E-state index in [0.717, 1.165) is 58.0 Å². The Morgan fingerprint density at radius 1 is 1.16 bits per heavy atom. The minimum absolute atomic E-state index is 0.217. The third-order valence-electron chi connectivity index (χ3n) is 4.82. The van der Waals surface area contributed by atoms with Crippen LogP contribution in [-0.4, -0.2) is 48.7 Å². The van der Waals surface area contributed by atoms with E-state index in [0.29, 0.717) is 12.0 Å². The summed E-state index contributed by atoms with van der Waals surface area (Å²) in [6.45, 7) is 2.47. The van der Waals surface area contributed by atoms with Gasteiger partial charge in [0, 0.05) is 18.6 Å². The zero-order valence-electron chi connectivity index (χ0n) is 12.1. The highest BCUT2D eigenvalue weighted by Gasteiger charge is 2.28. The third kappa shape index (κ3) is 4.46. The maximum Gasteiger partial charge on any atom is 0.223 e. The highest BCUT2D eigenvalue weighted by molar-refractivity contribution is 5.79. The van der Waals surface area contributed by atoms with Gasteiger partial charge in [0.25, 0.3) is 0 Å². The third-order valence-corrected chi connectivity index (χ3v) is 4.82. The van der Waals surface area contributed by atoms with Gasteiger partial charge >= 0.3 is 0 Å². The number of aliphatic hydroxyl groups excluding tert-OH is 1. The molecular formula is C15H28N2O2. The first kappa shape index (κ1) is 14.8. The summed E-state index contributed by atoms with van der Waals surface area (Å²) in [7, 11) is 2.14. The van der Waals surface area contributed by atoms with Gasteiger partial charge in [-0.2, -0.15) is 0 Å². The Bertz CT molecular complexity index is 280. The van der Waals surface area contributed by atoms with Gasteiger partial charge < -0.3 is 15.3 Å². The molecule has 0 radical (unpaired) electrons. The molecule has 1 saturated carbocycles. The van der Waals surface area contributed by atoms with Crippen LogP contribution in [0.4, 0.5) is 0 Å². The van der Waals surface area contributed by atoms with Crippen LogP contribution < -0.4 is 5.32 Å². The molecule has 0 aromatic carbocycles. The second-order valence-electron chi connectivity index (χ2n) is 6.32. The van der Waals surface area contributed by atoms with Crippen LogP contribution in [0.5, 0.6) is 0 Å². The average molecular weight is 268 g/mol. The largest absolute Gasteiger partial charge is 0.396 e. The van der Waals surface area contributed by atoms with Gasteiger partial charge in [0.15, 0.2) is 0 Å². The summed E-state index contributed by atoms with van der Waals surface area (Å²) >= 11 is 0. The molecular weight excluding hydrogens is 240 g/mol. The van der Waals surface area contributed by atoms with Gasteiger partial charge in [-0.05, 0) is 71.0 Å². The summed E-state index contributed by atoms with van der Waals surface area (Å²) in [6.07, 6.45) is 7.29. The van der Waals surface area contributed by atoms with Crippen LogP contribution in [0.15, 0.2) is 0 Å². The molecule has 0 atom stereocenters. The number of hydrogen-bond donors (Lipinski definition) is 2. The molecule has 1 aliphatic heterocycles. The number of piperidine rings is 1. The Hall–Kier alpha value is -0.610. The molecule has 4 heteroatoms. The zero-order valence-corrected chi connectivity index (χ0v) is 12.1. The molecule has 2 aliphatic rings. The van der Waals surface area contributed by atoms with Crippen LogP contribution >= 0.6 is 0 Å². The minimum atomic E-state index is 0.217. The molecule has 2 N–H and O–H groups in total. The zero-order chi connectivity index (χ0) is 13.7. The van der Waals surface area contributed by atoms with Crippen LogP contribution in [0, 0.1) is 11.8 Å². The van der Waals surface area contributed by atoms with E-state index >= 15 is 0 Å². The Balaban J connectivity index is 1.69. The Morgan fingerprint density at radius 3 is 2.37 bits per heavy atom. The Morgan fingerprint density at radius 2 is 1.79 bits per heavy atom. The molecule has 19 heavy (non-hydrogen) atoms.